The minimum absolute atomic E-state index is 0.395. The molecule has 0 bridgehead atoms. The molecular formula is C15H13ClN4. The average molecular weight is 285 g/mol. The van der Waals surface area contributed by atoms with Gasteiger partial charge in [0.05, 0.1) is 16.9 Å². The Labute approximate surface area is 121 Å². The first-order valence-corrected chi connectivity index (χ1v) is 6.57. The Morgan fingerprint density at radius 3 is 2.75 bits per heavy atom. The van der Waals surface area contributed by atoms with Crippen LogP contribution in [0.4, 0.5) is 17.2 Å². The number of anilines is 3. The molecule has 4 nitrogen and oxygen atoms in total. The Morgan fingerprint density at radius 1 is 1.05 bits per heavy atom. The molecule has 1 aromatic carbocycles. The third-order valence-electron chi connectivity index (χ3n) is 3.01. The summed E-state index contributed by atoms with van der Waals surface area (Å²) in [6, 6.07) is 13.3. The molecule has 0 spiro atoms. The van der Waals surface area contributed by atoms with E-state index >= 15 is 0 Å². The highest BCUT2D eigenvalue weighted by Crippen LogP contribution is 2.27. The first-order valence-electron chi connectivity index (χ1n) is 6.19. The van der Waals surface area contributed by atoms with Crippen LogP contribution < -0.4 is 11.1 Å². The van der Waals surface area contributed by atoms with Crippen LogP contribution in [0.15, 0.2) is 42.5 Å². The van der Waals surface area contributed by atoms with Crippen LogP contribution in [0.2, 0.25) is 5.15 Å². The second kappa shape index (κ2) is 4.98. The van der Waals surface area contributed by atoms with E-state index in [4.69, 9.17) is 17.3 Å². The molecule has 5 heteroatoms. The number of nitrogens with two attached hydrogens (primary N) is 1. The van der Waals surface area contributed by atoms with Crippen LogP contribution in [0.1, 0.15) is 5.69 Å². The number of pyridine rings is 2. The molecule has 0 saturated heterocycles. The number of para-hydroxylation sites is 1. The van der Waals surface area contributed by atoms with Gasteiger partial charge in [-0.3, -0.25) is 4.98 Å². The fraction of sp³-hybridized carbons (Fsp3) is 0.0667. The van der Waals surface area contributed by atoms with E-state index in [-0.39, 0.29) is 0 Å². The van der Waals surface area contributed by atoms with Gasteiger partial charge in [-0.2, -0.15) is 0 Å². The number of hydrogen-bond donors (Lipinski definition) is 2. The minimum atomic E-state index is 0.395. The van der Waals surface area contributed by atoms with Crippen molar-refractivity contribution < 1.29 is 0 Å². The fourth-order valence-corrected chi connectivity index (χ4v) is 2.17. The summed E-state index contributed by atoms with van der Waals surface area (Å²) in [6.07, 6.45) is 0. The maximum Gasteiger partial charge on any atom is 0.155 e. The zero-order valence-corrected chi connectivity index (χ0v) is 11.6. The van der Waals surface area contributed by atoms with Gasteiger partial charge in [0.25, 0.3) is 0 Å². The highest BCUT2D eigenvalue weighted by atomic mass is 35.5. The van der Waals surface area contributed by atoms with Crippen LogP contribution in [0.3, 0.4) is 0 Å². The molecule has 0 aliphatic carbocycles. The summed E-state index contributed by atoms with van der Waals surface area (Å²) in [6.45, 7) is 1.96. The van der Waals surface area contributed by atoms with Crippen LogP contribution in [-0.2, 0) is 0 Å². The number of nitrogens with one attached hydrogen (secondary N) is 1. The van der Waals surface area contributed by atoms with E-state index in [9.17, 15) is 0 Å². The SMILES string of the molecule is Cc1ccc2cccc(Nc3nc(Cl)ccc3N)c2n1. The van der Waals surface area contributed by atoms with Crippen molar-refractivity contribution in [2.24, 2.45) is 0 Å². The summed E-state index contributed by atoms with van der Waals surface area (Å²) >= 11 is 5.90. The Balaban J connectivity index is 2.10. The van der Waals surface area contributed by atoms with Gasteiger partial charge >= 0.3 is 0 Å². The number of hydrogen-bond acceptors (Lipinski definition) is 4. The smallest absolute Gasteiger partial charge is 0.155 e. The number of halogens is 1. The van der Waals surface area contributed by atoms with Crippen LogP contribution in [0.5, 0.6) is 0 Å². The van der Waals surface area contributed by atoms with Crippen molar-refractivity contribution in [3.8, 4) is 0 Å². The van der Waals surface area contributed by atoms with E-state index in [1.54, 1.807) is 12.1 Å². The lowest BCUT2D eigenvalue weighted by molar-refractivity contribution is 1.25. The summed E-state index contributed by atoms with van der Waals surface area (Å²) in [7, 11) is 0. The molecule has 0 aliphatic heterocycles. The monoisotopic (exact) mass is 284 g/mol. The van der Waals surface area contributed by atoms with Gasteiger partial charge in [-0.25, -0.2) is 4.98 Å². The average Bonchev–Trinajstić information content (AvgIpc) is 2.43. The molecule has 0 amide bonds. The lowest BCUT2D eigenvalue weighted by Crippen LogP contribution is -2.00. The van der Waals surface area contributed by atoms with Gasteiger partial charge in [-0.1, -0.05) is 29.8 Å². The Kier molecular flexibility index (Phi) is 3.16. The van der Waals surface area contributed by atoms with Crippen LogP contribution in [0, 0.1) is 6.92 Å². The van der Waals surface area contributed by atoms with Gasteiger partial charge in [0.1, 0.15) is 5.15 Å². The van der Waals surface area contributed by atoms with Crippen molar-refractivity contribution in [1.29, 1.82) is 0 Å². The van der Waals surface area contributed by atoms with E-state index in [1.807, 2.05) is 37.3 Å². The second-order valence-electron chi connectivity index (χ2n) is 4.53. The molecule has 20 heavy (non-hydrogen) atoms. The number of rotatable bonds is 2. The molecule has 3 N–H and O–H groups in total. The van der Waals surface area contributed by atoms with E-state index < -0.39 is 0 Å². The molecular weight excluding hydrogens is 272 g/mol. The molecule has 100 valence electrons. The van der Waals surface area contributed by atoms with E-state index in [1.165, 1.54) is 0 Å². The zero-order valence-electron chi connectivity index (χ0n) is 10.9. The van der Waals surface area contributed by atoms with Gasteiger partial charge in [0.15, 0.2) is 5.82 Å². The third-order valence-corrected chi connectivity index (χ3v) is 3.22. The second-order valence-corrected chi connectivity index (χ2v) is 4.91. The van der Waals surface area contributed by atoms with Gasteiger partial charge in [-0.15, -0.1) is 0 Å². The van der Waals surface area contributed by atoms with Crippen molar-refractivity contribution in [3.05, 3.63) is 53.3 Å². The number of benzene rings is 1. The van der Waals surface area contributed by atoms with E-state index in [0.29, 0.717) is 16.7 Å². The third kappa shape index (κ3) is 2.38. The van der Waals surface area contributed by atoms with Gasteiger partial charge in [0.2, 0.25) is 0 Å². The summed E-state index contributed by atoms with van der Waals surface area (Å²) in [4.78, 5) is 8.76. The minimum Gasteiger partial charge on any atom is -0.396 e. The normalized spacial score (nSPS) is 10.7. The first kappa shape index (κ1) is 12.7. The van der Waals surface area contributed by atoms with Crippen molar-refractivity contribution in [2.75, 3.05) is 11.1 Å². The number of aryl methyl sites for hydroxylation is 1. The van der Waals surface area contributed by atoms with Crippen molar-refractivity contribution in [1.82, 2.24) is 9.97 Å². The lowest BCUT2D eigenvalue weighted by atomic mass is 10.1. The maximum atomic E-state index is 5.91. The first-order chi connectivity index (χ1) is 9.63. The van der Waals surface area contributed by atoms with Crippen LogP contribution in [-0.4, -0.2) is 9.97 Å². The van der Waals surface area contributed by atoms with E-state index in [0.717, 1.165) is 22.3 Å². The number of nitrogens with zero attached hydrogens (tertiary/aromatic N) is 2. The Morgan fingerprint density at radius 2 is 1.90 bits per heavy atom. The number of aromatic nitrogens is 2. The van der Waals surface area contributed by atoms with Crippen molar-refractivity contribution in [2.45, 2.75) is 6.92 Å². The Bertz CT molecular complexity index is 786. The number of fused-ring (bicyclic) bond motifs is 1. The summed E-state index contributed by atoms with van der Waals surface area (Å²) in [5.41, 5.74) is 9.14. The zero-order chi connectivity index (χ0) is 14.1. The molecule has 0 saturated carbocycles. The Hall–Kier alpha value is -2.33. The fourth-order valence-electron chi connectivity index (χ4n) is 2.02. The maximum absolute atomic E-state index is 5.91. The van der Waals surface area contributed by atoms with Crippen molar-refractivity contribution in [3.63, 3.8) is 0 Å². The molecule has 0 atom stereocenters. The molecule has 0 aliphatic rings. The number of nitrogen functional groups attached to an aromatic ring is 1. The van der Waals surface area contributed by atoms with Crippen molar-refractivity contribution >= 4 is 39.7 Å². The summed E-state index contributed by atoms with van der Waals surface area (Å²) < 4.78 is 0. The quantitative estimate of drug-likeness (QED) is 0.700. The standard InChI is InChI=1S/C15H13ClN4/c1-9-5-6-10-3-2-4-12(14(10)18-9)19-15-11(17)7-8-13(16)20-15/h2-8H,17H2,1H3,(H,19,20). The van der Waals surface area contributed by atoms with Crippen LogP contribution in [0.25, 0.3) is 10.9 Å². The van der Waals surface area contributed by atoms with Crippen LogP contribution >= 0.6 is 11.6 Å². The topological polar surface area (TPSA) is 63.8 Å². The van der Waals surface area contributed by atoms with Gasteiger partial charge < -0.3 is 11.1 Å². The molecule has 0 radical (unpaired) electrons. The predicted octanol–water partition coefficient (Wildman–Crippen LogP) is 3.92. The van der Waals surface area contributed by atoms with Gasteiger partial charge in [-0.05, 0) is 31.2 Å². The summed E-state index contributed by atoms with van der Waals surface area (Å²) in [5, 5.41) is 4.65. The molecule has 2 aromatic heterocycles. The lowest BCUT2D eigenvalue weighted by Gasteiger charge is -2.11. The largest absolute Gasteiger partial charge is 0.396 e. The molecule has 2 heterocycles. The molecule has 3 aromatic rings. The molecule has 0 unspecified atom stereocenters. The predicted molar refractivity (Wildman–Crippen MR) is 83.4 cm³/mol. The molecule has 3 rings (SSSR count). The highest BCUT2D eigenvalue weighted by Gasteiger charge is 2.07. The van der Waals surface area contributed by atoms with Gasteiger partial charge in [0, 0.05) is 11.1 Å². The molecule has 0 fully saturated rings. The van der Waals surface area contributed by atoms with E-state index in [2.05, 4.69) is 15.3 Å². The highest BCUT2D eigenvalue weighted by molar-refractivity contribution is 6.29. The summed E-state index contributed by atoms with van der Waals surface area (Å²) in [5.74, 6) is 0.535.